The van der Waals surface area contributed by atoms with E-state index in [2.05, 4.69) is 19.9 Å². The van der Waals surface area contributed by atoms with Crippen LogP contribution in [0.3, 0.4) is 0 Å². The van der Waals surface area contributed by atoms with Crippen LogP contribution in [0.4, 0.5) is 0 Å². The molecular weight excluding hydrogens is 272 g/mol. The predicted molar refractivity (Wildman–Crippen MR) is 73.3 cm³/mol. The summed E-state index contributed by atoms with van der Waals surface area (Å²) in [7, 11) is 1.21. The summed E-state index contributed by atoms with van der Waals surface area (Å²) in [5.41, 5.74) is 1.13. The standard InChI is InChI=1S/C14H14N4O3/c1-8-11(13(19)18-17-8)12(9-4-3-5-16-7-9)10(6-15)14(20)21-2/h3-5,7,10,12H,1-2H3,(H2,17,18,19)/t10-,12-/m0/s1. The summed E-state index contributed by atoms with van der Waals surface area (Å²) < 4.78 is 4.68. The lowest BCUT2D eigenvalue weighted by molar-refractivity contribution is -0.143. The van der Waals surface area contributed by atoms with Gasteiger partial charge in [0.15, 0.2) is 5.92 Å². The normalized spacial score (nSPS) is 13.2. The van der Waals surface area contributed by atoms with Gasteiger partial charge in [-0.05, 0) is 18.6 Å². The molecule has 0 saturated heterocycles. The zero-order chi connectivity index (χ0) is 15.4. The molecule has 0 amide bonds. The van der Waals surface area contributed by atoms with Gasteiger partial charge < -0.3 is 9.84 Å². The Kier molecular flexibility index (Phi) is 4.18. The molecule has 2 aromatic heterocycles. The lowest BCUT2D eigenvalue weighted by atomic mass is 9.82. The van der Waals surface area contributed by atoms with E-state index in [0.29, 0.717) is 16.8 Å². The van der Waals surface area contributed by atoms with Gasteiger partial charge >= 0.3 is 5.97 Å². The van der Waals surface area contributed by atoms with Crippen LogP contribution in [0, 0.1) is 24.2 Å². The largest absolute Gasteiger partial charge is 0.468 e. The molecule has 2 atom stereocenters. The third kappa shape index (κ3) is 2.69. The number of hydrogen-bond donors (Lipinski definition) is 2. The SMILES string of the molecule is COC(=O)[C@@H](C#N)[C@H](c1cccnc1)c1c(C)[nH][nH]c1=O. The van der Waals surface area contributed by atoms with E-state index in [9.17, 15) is 14.9 Å². The molecule has 7 nitrogen and oxygen atoms in total. The number of carbonyl (C=O) groups is 1. The quantitative estimate of drug-likeness (QED) is 0.809. The first-order chi connectivity index (χ1) is 10.1. The molecule has 2 N–H and O–H groups in total. The van der Waals surface area contributed by atoms with Gasteiger partial charge in [-0.1, -0.05) is 6.07 Å². The number of nitriles is 1. The van der Waals surface area contributed by atoms with Gasteiger partial charge in [-0.3, -0.25) is 19.7 Å². The number of aryl methyl sites for hydroxylation is 1. The minimum atomic E-state index is -1.13. The van der Waals surface area contributed by atoms with Gasteiger partial charge in [-0.25, -0.2) is 0 Å². The van der Waals surface area contributed by atoms with Crippen LogP contribution >= 0.6 is 0 Å². The van der Waals surface area contributed by atoms with E-state index in [1.165, 1.54) is 13.3 Å². The van der Waals surface area contributed by atoms with Crippen LogP contribution in [0.25, 0.3) is 0 Å². The number of H-pyrrole nitrogens is 2. The average molecular weight is 286 g/mol. The maximum atomic E-state index is 12.0. The number of rotatable bonds is 4. The molecule has 108 valence electrons. The molecule has 0 aliphatic heterocycles. The third-order valence-electron chi connectivity index (χ3n) is 3.29. The minimum Gasteiger partial charge on any atom is -0.468 e. The number of aromatic nitrogens is 3. The molecule has 0 aromatic carbocycles. The average Bonchev–Trinajstić information content (AvgIpc) is 2.84. The third-order valence-corrected chi connectivity index (χ3v) is 3.29. The Bertz CT molecular complexity index is 727. The summed E-state index contributed by atoms with van der Waals surface area (Å²) in [6.07, 6.45) is 3.11. The molecule has 0 fully saturated rings. The number of hydrogen-bond acceptors (Lipinski definition) is 5. The zero-order valence-corrected chi connectivity index (χ0v) is 11.6. The van der Waals surface area contributed by atoms with Crippen LogP contribution < -0.4 is 5.56 Å². The first-order valence-corrected chi connectivity index (χ1v) is 6.24. The maximum Gasteiger partial charge on any atom is 0.324 e. The van der Waals surface area contributed by atoms with E-state index < -0.39 is 17.8 Å². The van der Waals surface area contributed by atoms with Crippen molar-refractivity contribution in [2.24, 2.45) is 5.92 Å². The highest BCUT2D eigenvalue weighted by Crippen LogP contribution is 2.31. The molecule has 7 heteroatoms. The fraction of sp³-hybridized carbons (Fsp3) is 0.286. The van der Waals surface area contributed by atoms with Crippen molar-refractivity contribution in [1.29, 1.82) is 5.26 Å². The molecule has 21 heavy (non-hydrogen) atoms. The second kappa shape index (κ2) is 6.05. The topological polar surface area (TPSA) is 112 Å². The van der Waals surface area contributed by atoms with Gasteiger partial charge in [0, 0.05) is 29.6 Å². The first-order valence-electron chi connectivity index (χ1n) is 6.24. The fourth-order valence-electron chi connectivity index (χ4n) is 2.31. The Morgan fingerprint density at radius 3 is 2.71 bits per heavy atom. The highest BCUT2D eigenvalue weighted by atomic mass is 16.5. The molecule has 0 unspecified atom stereocenters. The molecule has 2 heterocycles. The van der Waals surface area contributed by atoms with Crippen molar-refractivity contribution < 1.29 is 9.53 Å². The van der Waals surface area contributed by atoms with E-state index >= 15 is 0 Å². The van der Waals surface area contributed by atoms with Crippen molar-refractivity contribution in [3.05, 3.63) is 51.7 Å². The summed E-state index contributed by atoms with van der Waals surface area (Å²) in [4.78, 5) is 27.9. The number of methoxy groups -OCH3 is 1. The summed E-state index contributed by atoms with van der Waals surface area (Å²) in [6, 6.07) is 5.33. The zero-order valence-electron chi connectivity index (χ0n) is 11.6. The van der Waals surface area contributed by atoms with Crippen molar-refractivity contribution in [2.75, 3.05) is 7.11 Å². The molecule has 2 rings (SSSR count). The Labute approximate surface area is 120 Å². The summed E-state index contributed by atoms with van der Waals surface area (Å²) in [5.74, 6) is -2.56. The van der Waals surface area contributed by atoms with E-state index in [-0.39, 0.29) is 5.56 Å². The first kappa shape index (κ1) is 14.5. The van der Waals surface area contributed by atoms with Gasteiger partial charge in [-0.15, -0.1) is 0 Å². The highest BCUT2D eigenvalue weighted by molar-refractivity contribution is 5.77. The van der Waals surface area contributed by atoms with Crippen molar-refractivity contribution in [2.45, 2.75) is 12.8 Å². The van der Waals surface area contributed by atoms with Crippen molar-refractivity contribution >= 4 is 5.97 Å². The van der Waals surface area contributed by atoms with Crippen LogP contribution in [0.1, 0.15) is 22.7 Å². The van der Waals surface area contributed by atoms with Gasteiger partial charge in [0.05, 0.1) is 13.2 Å². The summed E-state index contributed by atoms with van der Waals surface area (Å²) in [6.45, 7) is 1.70. The smallest absolute Gasteiger partial charge is 0.324 e. The lowest BCUT2D eigenvalue weighted by Gasteiger charge is -2.19. The van der Waals surface area contributed by atoms with Crippen LogP contribution in [0.15, 0.2) is 29.3 Å². The van der Waals surface area contributed by atoms with Crippen LogP contribution in [0.2, 0.25) is 0 Å². The number of nitrogens with zero attached hydrogens (tertiary/aromatic N) is 2. The van der Waals surface area contributed by atoms with E-state index in [0.717, 1.165) is 0 Å². The van der Waals surface area contributed by atoms with Crippen molar-refractivity contribution in [1.82, 2.24) is 15.2 Å². The van der Waals surface area contributed by atoms with Gasteiger partial charge in [0.1, 0.15) is 0 Å². The lowest BCUT2D eigenvalue weighted by Crippen LogP contribution is -2.27. The molecular formula is C14H14N4O3. The van der Waals surface area contributed by atoms with Crippen LogP contribution in [-0.2, 0) is 9.53 Å². The van der Waals surface area contributed by atoms with E-state index in [1.54, 1.807) is 25.3 Å². The van der Waals surface area contributed by atoms with Gasteiger partial charge in [0.25, 0.3) is 5.56 Å². The number of esters is 1. The maximum absolute atomic E-state index is 12.0. The summed E-state index contributed by atoms with van der Waals surface area (Å²) in [5, 5.41) is 14.5. The van der Waals surface area contributed by atoms with E-state index in [1.807, 2.05) is 6.07 Å². The van der Waals surface area contributed by atoms with Gasteiger partial charge in [0.2, 0.25) is 0 Å². The molecule has 0 aliphatic carbocycles. The molecule has 0 radical (unpaired) electrons. The molecule has 0 bridgehead atoms. The Morgan fingerprint density at radius 2 is 2.24 bits per heavy atom. The van der Waals surface area contributed by atoms with Gasteiger partial charge in [-0.2, -0.15) is 5.26 Å². The number of nitrogens with one attached hydrogen (secondary N) is 2. The second-order valence-corrected chi connectivity index (χ2v) is 4.51. The van der Waals surface area contributed by atoms with Crippen LogP contribution in [-0.4, -0.2) is 28.3 Å². The number of aromatic amines is 2. The number of ether oxygens (including phenoxy) is 1. The van der Waals surface area contributed by atoms with E-state index in [4.69, 9.17) is 0 Å². The second-order valence-electron chi connectivity index (χ2n) is 4.51. The fourth-order valence-corrected chi connectivity index (χ4v) is 2.31. The Balaban J connectivity index is 2.64. The number of carbonyl (C=O) groups excluding carboxylic acids is 1. The Hall–Kier alpha value is -2.88. The van der Waals surface area contributed by atoms with Crippen molar-refractivity contribution in [3.63, 3.8) is 0 Å². The highest BCUT2D eigenvalue weighted by Gasteiger charge is 2.35. The Morgan fingerprint density at radius 1 is 1.48 bits per heavy atom. The monoisotopic (exact) mass is 286 g/mol. The molecule has 0 spiro atoms. The predicted octanol–water partition coefficient (Wildman–Crippen LogP) is 0.851. The minimum absolute atomic E-state index is 0.333. The summed E-state index contributed by atoms with van der Waals surface area (Å²) >= 11 is 0. The molecule has 0 saturated carbocycles. The number of pyridine rings is 1. The van der Waals surface area contributed by atoms with Crippen LogP contribution in [0.5, 0.6) is 0 Å². The molecule has 0 aliphatic rings. The molecule has 2 aromatic rings. The van der Waals surface area contributed by atoms with Crippen molar-refractivity contribution in [3.8, 4) is 6.07 Å².